The molecule has 21 heavy (non-hydrogen) atoms. The molecule has 1 unspecified atom stereocenters. The van der Waals surface area contributed by atoms with Gasteiger partial charge in [0, 0.05) is 6.04 Å². The Morgan fingerprint density at radius 1 is 1.05 bits per heavy atom. The van der Waals surface area contributed by atoms with Gasteiger partial charge in [0.1, 0.15) is 5.82 Å². The van der Waals surface area contributed by atoms with Gasteiger partial charge in [-0.25, -0.2) is 4.39 Å². The van der Waals surface area contributed by atoms with Crippen molar-refractivity contribution in [1.29, 1.82) is 0 Å². The summed E-state index contributed by atoms with van der Waals surface area (Å²) in [6.07, 6.45) is 11.7. The summed E-state index contributed by atoms with van der Waals surface area (Å²) in [5.74, 6) is -0.177. The standard InChI is InChI=1S/C18H29BrFN/c1-3-4-5-6-7-8-9-10-11-18(21-2)15-12-13-16(19)17(20)14-15/h12-14,18,21H,3-11H2,1-2H3. The van der Waals surface area contributed by atoms with Crippen LogP contribution < -0.4 is 5.32 Å². The minimum atomic E-state index is -0.177. The summed E-state index contributed by atoms with van der Waals surface area (Å²) < 4.78 is 14.1. The van der Waals surface area contributed by atoms with Crippen molar-refractivity contribution in [2.75, 3.05) is 7.05 Å². The minimum absolute atomic E-state index is 0.177. The predicted molar refractivity (Wildman–Crippen MR) is 93.1 cm³/mol. The van der Waals surface area contributed by atoms with Gasteiger partial charge < -0.3 is 5.32 Å². The highest BCUT2D eigenvalue weighted by atomic mass is 79.9. The molecule has 0 amide bonds. The van der Waals surface area contributed by atoms with Gasteiger partial charge in [0.15, 0.2) is 0 Å². The van der Waals surface area contributed by atoms with Gasteiger partial charge in [0.2, 0.25) is 0 Å². The zero-order chi connectivity index (χ0) is 15.5. The molecule has 0 bridgehead atoms. The van der Waals surface area contributed by atoms with Gasteiger partial charge in [0.05, 0.1) is 4.47 Å². The number of hydrogen-bond acceptors (Lipinski definition) is 1. The molecule has 1 N–H and O–H groups in total. The third kappa shape index (κ3) is 7.42. The number of halogens is 2. The van der Waals surface area contributed by atoms with Crippen LogP contribution in [0.15, 0.2) is 22.7 Å². The summed E-state index contributed by atoms with van der Waals surface area (Å²) >= 11 is 3.20. The first kappa shape index (κ1) is 18.6. The average Bonchev–Trinajstić information content (AvgIpc) is 2.49. The van der Waals surface area contributed by atoms with E-state index in [1.165, 1.54) is 51.4 Å². The van der Waals surface area contributed by atoms with E-state index in [0.717, 1.165) is 12.0 Å². The SMILES string of the molecule is CCCCCCCCCCC(NC)c1ccc(Br)c(F)c1. The Kier molecular flexibility index (Phi) is 9.94. The highest BCUT2D eigenvalue weighted by Gasteiger charge is 2.10. The molecule has 0 aromatic heterocycles. The summed E-state index contributed by atoms with van der Waals surface area (Å²) in [5, 5.41) is 3.30. The molecule has 1 atom stereocenters. The van der Waals surface area contributed by atoms with Crippen LogP contribution in [0.3, 0.4) is 0 Å². The van der Waals surface area contributed by atoms with Gasteiger partial charge in [-0.15, -0.1) is 0 Å². The fourth-order valence-electron chi connectivity index (χ4n) is 2.69. The molecule has 120 valence electrons. The van der Waals surface area contributed by atoms with Gasteiger partial charge in [-0.1, -0.05) is 64.4 Å². The molecule has 1 rings (SSSR count). The van der Waals surface area contributed by atoms with Crippen LogP contribution in [0.2, 0.25) is 0 Å². The Hall–Kier alpha value is -0.410. The minimum Gasteiger partial charge on any atom is -0.313 e. The Balaban J connectivity index is 2.23. The molecule has 0 aliphatic carbocycles. The van der Waals surface area contributed by atoms with Gasteiger partial charge in [0.25, 0.3) is 0 Å². The predicted octanol–water partition coefficient (Wildman–Crippen LogP) is 6.38. The van der Waals surface area contributed by atoms with Crippen LogP contribution >= 0.6 is 15.9 Å². The average molecular weight is 358 g/mol. The maximum Gasteiger partial charge on any atom is 0.137 e. The molecule has 0 aliphatic heterocycles. The van der Waals surface area contributed by atoms with Crippen molar-refractivity contribution in [2.45, 2.75) is 70.8 Å². The normalized spacial score (nSPS) is 12.6. The molecule has 1 aromatic rings. The molecule has 1 nitrogen and oxygen atoms in total. The van der Waals surface area contributed by atoms with Gasteiger partial charge in [-0.3, -0.25) is 0 Å². The zero-order valence-electron chi connectivity index (χ0n) is 13.4. The largest absolute Gasteiger partial charge is 0.313 e. The Morgan fingerprint density at radius 3 is 2.24 bits per heavy atom. The highest BCUT2D eigenvalue weighted by Crippen LogP contribution is 2.24. The topological polar surface area (TPSA) is 12.0 Å². The molecule has 0 fully saturated rings. The number of benzene rings is 1. The smallest absolute Gasteiger partial charge is 0.137 e. The lowest BCUT2D eigenvalue weighted by Crippen LogP contribution is -2.16. The summed E-state index contributed by atoms with van der Waals surface area (Å²) in [4.78, 5) is 0. The number of unbranched alkanes of at least 4 members (excludes halogenated alkanes) is 7. The van der Waals surface area contributed by atoms with Crippen LogP contribution in [0.4, 0.5) is 4.39 Å². The molecule has 0 saturated heterocycles. The first-order chi connectivity index (χ1) is 10.2. The number of rotatable bonds is 11. The van der Waals surface area contributed by atoms with Crippen LogP contribution in [0, 0.1) is 5.82 Å². The fraction of sp³-hybridized carbons (Fsp3) is 0.667. The lowest BCUT2D eigenvalue weighted by Gasteiger charge is -2.17. The number of nitrogens with one attached hydrogen (secondary N) is 1. The highest BCUT2D eigenvalue weighted by molar-refractivity contribution is 9.10. The Bertz CT molecular complexity index is 395. The first-order valence-electron chi connectivity index (χ1n) is 8.31. The molecule has 1 aromatic carbocycles. The Morgan fingerprint density at radius 2 is 1.67 bits per heavy atom. The van der Waals surface area contributed by atoms with E-state index in [2.05, 4.69) is 28.2 Å². The Labute approximate surface area is 137 Å². The van der Waals surface area contributed by atoms with Gasteiger partial charge in [-0.05, 0) is 47.1 Å². The second-order valence-electron chi connectivity index (χ2n) is 5.78. The van der Waals surface area contributed by atoms with Crippen molar-refractivity contribution in [2.24, 2.45) is 0 Å². The summed E-state index contributed by atoms with van der Waals surface area (Å²) in [6.45, 7) is 2.25. The molecular formula is C18H29BrFN. The second kappa shape index (κ2) is 11.2. The molecule has 0 aliphatic rings. The quantitative estimate of drug-likeness (QED) is 0.453. The lowest BCUT2D eigenvalue weighted by atomic mass is 9.99. The molecule has 0 saturated carbocycles. The molecule has 0 heterocycles. The molecule has 0 spiro atoms. The van der Waals surface area contributed by atoms with E-state index in [1.54, 1.807) is 12.1 Å². The summed E-state index contributed by atoms with van der Waals surface area (Å²) in [6, 6.07) is 5.69. The monoisotopic (exact) mass is 357 g/mol. The van der Waals surface area contributed by atoms with Crippen molar-refractivity contribution in [3.63, 3.8) is 0 Å². The summed E-state index contributed by atoms with van der Waals surface area (Å²) in [7, 11) is 1.95. The van der Waals surface area contributed by atoms with Gasteiger partial charge in [-0.2, -0.15) is 0 Å². The zero-order valence-corrected chi connectivity index (χ0v) is 15.0. The van der Waals surface area contributed by atoms with E-state index in [-0.39, 0.29) is 11.9 Å². The van der Waals surface area contributed by atoms with Crippen molar-refractivity contribution >= 4 is 15.9 Å². The van der Waals surface area contributed by atoms with Crippen LogP contribution in [-0.2, 0) is 0 Å². The summed E-state index contributed by atoms with van der Waals surface area (Å²) in [5.41, 5.74) is 1.04. The van der Waals surface area contributed by atoms with Crippen LogP contribution in [-0.4, -0.2) is 7.05 Å². The molecular weight excluding hydrogens is 329 g/mol. The third-order valence-corrected chi connectivity index (χ3v) is 4.68. The third-order valence-electron chi connectivity index (χ3n) is 4.04. The van der Waals surface area contributed by atoms with Crippen molar-refractivity contribution in [1.82, 2.24) is 5.32 Å². The fourth-order valence-corrected chi connectivity index (χ4v) is 2.94. The van der Waals surface area contributed by atoms with Crippen LogP contribution in [0.1, 0.15) is 76.3 Å². The molecule has 3 heteroatoms. The van der Waals surface area contributed by atoms with Crippen molar-refractivity contribution < 1.29 is 4.39 Å². The van der Waals surface area contributed by atoms with E-state index in [4.69, 9.17) is 0 Å². The number of hydrogen-bond donors (Lipinski definition) is 1. The van der Waals surface area contributed by atoms with Crippen molar-refractivity contribution in [3.05, 3.63) is 34.1 Å². The second-order valence-corrected chi connectivity index (χ2v) is 6.63. The lowest BCUT2D eigenvalue weighted by molar-refractivity contribution is 0.491. The van der Waals surface area contributed by atoms with Crippen LogP contribution in [0.25, 0.3) is 0 Å². The maximum absolute atomic E-state index is 13.6. The maximum atomic E-state index is 13.6. The van der Waals surface area contributed by atoms with E-state index < -0.39 is 0 Å². The van der Waals surface area contributed by atoms with E-state index >= 15 is 0 Å². The van der Waals surface area contributed by atoms with E-state index in [9.17, 15) is 4.39 Å². The van der Waals surface area contributed by atoms with Gasteiger partial charge >= 0.3 is 0 Å². The first-order valence-corrected chi connectivity index (χ1v) is 9.10. The molecule has 0 radical (unpaired) electrons. The van der Waals surface area contributed by atoms with E-state index in [1.807, 2.05) is 13.1 Å². The van der Waals surface area contributed by atoms with Crippen LogP contribution in [0.5, 0.6) is 0 Å². The van der Waals surface area contributed by atoms with E-state index in [0.29, 0.717) is 4.47 Å². The van der Waals surface area contributed by atoms with Crippen molar-refractivity contribution in [3.8, 4) is 0 Å².